The molecule has 1 aliphatic rings. The van der Waals surface area contributed by atoms with Crippen LogP contribution >= 0.6 is 43.2 Å². The van der Waals surface area contributed by atoms with E-state index in [1.165, 1.54) is 11.3 Å². The number of ether oxygens (including phenoxy) is 3. The fraction of sp³-hybridized carbons (Fsp3) is 0.139. The predicted octanol–water partition coefficient (Wildman–Crippen LogP) is 7.05. The Balaban J connectivity index is 1.58. The van der Waals surface area contributed by atoms with E-state index >= 15 is 0 Å². The maximum absolute atomic E-state index is 14.4. The number of hydrogen-bond acceptors (Lipinski definition) is 7. The van der Waals surface area contributed by atoms with Crippen molar-refractivity contribution < 1.29 is 19.0 Å². The quantitative estimate of drug-likeness (QED) is 0.151. The van der Waals surface area contributed by atoms with Crippen molar-refractivity contribution in [1.82, 2.24) is 4.57 Å². The van der Waals surface area contributed by atoms with Crippen molar-refractivity contribution in [3.8, 4) is 11.5 Å². The normalized spacial score (nSPS) is 14.4. The van der Waals surface area contributed by atoms with E-state index in [1.54, 1.807) is 24.7 Å². The average Bonchev–Trinajstić information content (AvgIpc) is 3.38. The number of methoxy groups -OCH3 is 1. The van der Waals surface area contributed by atoms with E-state index in [9.17, 15) is 9.59 Å². The standard InChI is InChI=1S/C36H28Br2N2O5S/c1-3-44-35(42)30-31(23-13-8-5-9-14-23)39-36-40(32(30)24-15-10-16-27(18-24)43-2)34(41)29(46-36)19-25-17-26(37)20-28(38)33(25)45-21-22-11-6-4-7-12-22/h4-20,32H,3,21H2,1-2H3/b29-19-/t32-/m1/s1. The number of carbonyl (C=O) groups excluding carboxylic acids is 1. The number of nitrogens with zero attached hydrogens (tertiary/aromatic N) is 2. The Morgan fingerprint density at radius 3 is 2.43 bits per heavy atom. The van der Waals surface area contributed by atoms with Gasteiger partial charge in [-0.3, -0.25) is 9.36 Å². The van der Waals surface area contributed by atoms with Gasteiger partial charge in [0.1, 0.15) is 18.1 Å². The topological polar surface area (TPSA) is 79.1 Å². The van der Waals surface area contributed by atoms with Gasteiger partial charge in [0.05, 0.1) is 40.0 Å². The molecule has 6 rings (SSSR count). The molecule has 7 nitrogen and oxygen atoms in total. The summed E-state index contributed by atoms with van der Waals surface area (Å²) in [4.78, 5) is 33.5. The summed E-state index contributed by atoms with van der Waals surface area (Å²) >= 11 is 8.48. The lowest BCUT2D eigenvalue weighted by molar-refractivity contribution is -0.138. The van der Waals surface area contributed by atoms with Crippen molar-refractivity contribution >= 4 is 60.9 Å². The van der Waals surface area contributed by atoms with Crippen LogP contribution < -0.4 is 24.4 Å². The van der Waals surface area contributed by atoms with Gasteiger partial charge in [-0.1, -0.05) is 100 Å². The van der Waals surface area contributed by atoms with Gasteiger partial charge < -0.3 is 14.2 Å². The molecule has 1 aromatic heterocycles. The Morgan fingerprint density at radius 1 is 0.978 bits per heavy atom. The minimum Gasteiger partial charge on any atom is -0.497 e. The number of fused-ring (bicyclic) bond motifs is 1. The molecule has 46 heavy (non-hydrogen) atoms. The van der Waals surface area contributed by atoms with Crippen LogP contribution in [-0.4, -0.2) is 24.3 Å². The lowest BCUT2D eigenvalue weighted by Crippen LogP contribution is -2.40. The minimum absolute atomic E-state index is 0.170. The van der Waals surface area contributed by atoms with Crippen LogP contribution in [-0.2, 0) is 16.1 Å². The monoisotopic (exact) mass is 758 g/mol. The molecule has 0 N–H and O–H groups in total. The largest absolute Gasteiger partial charge is 0.497 e. The average molecular weight is 761 g/mol. The molecule has 1 aliphatic heterocycles. The van der Waals surface area contributed by atoms with Gasteiger partial charge in [0.25, 0.3) is 5.56 Å². The van der Waals surface area contributed by atoms with Gasteiger partial charge in [-0.15, -0.1) is 0 Å². The molecule has 5 aromatic rings. The summed E-state index contributed by atoms with van der Waals surface area (Å²) in [5, 5.41) is 0. The Kier molecular flexibility index (Phi) is 9.67. The molecular formula is C36H28Br2N2O5S. The van der Waals surface area contributed by atoms with Crippen LogP contribution in [0.2, 0.25) is 0 Å². The summed E-state index contributed by atoms with van der Waals surface area (Å²) in [5.41, 5.74) is 3.58. The molecule has 0 aliphatic carbocycles. The summed E-state index contributed by atoms with van der Waals surface area (Å²) in [6, 6.07) is 29.7. The summed E-state index contributed by atoms with van der Waals surface area (Å²) in [7, 11) is 1.58. The third kappa shape index (κ3) is 6.51. The van der Waals surface area contributed by atoms with E-state index in [1.807, 2.05) is 97.1 Å². The molecule has 10 heteroatoms. The molecule has 0 radical (unpaired) electrons. The Morgan fingerprint density at radius 2 is 1.72 bits per heavy atom. The maximum Gasteiger partial charge on any atom is 0.338 e. The molecule has 232 valence electrons. The fourth-order valence-corrected chi connectivity index (χ4v) is 7.64. The van der Waals surface area contributed by atoms with Crippen molar-refractivity contribution in [2.24, 2.45) is 4.99 Å². The van der Waals surface area contributed by atoms with E-state index in [4.69, 9.17) is 19.2 Å². The third-order valence-electron chi connectivity index (χ3n) is 7.33. The number of carbonyl (C=O) groups is 1. The van der Waals surface area contributed by atoms with Crippen molar-refractivity contribution in [1.29, 1.82) is 0 Å². The number of benzene rings is 4. The molecule has 0 saturated carbocycles. The van der Waals surface area contributed by atoms with Gasteiger partial charge in [0.15, 0.2) is 4.80 Å². The first kappa shape index (κ1) is 31.7. The second-order valence-corrected chi connectivity index (χ2v) is 13.1. The highest BCUT2D eigenvalue weighted by Crippen LogP contribution is 2.37. The summed E-state index contributed by atoms with van der Waals surface area (Å²) in [6.45, 7) is 2.27. The zero-order chi connectivity index (χ0) is 32.2. The summed E-state index contributed by atoms with van der Waals surface area (Å²) < 4.78 is 20.9. The van der Waals surface area contributed by atoms with Gasteiger partial charge in [-0.2, -0.15) is 0 Å². The van der Waals surface area contributed by atoms with Crippen LogP contribution in [0, 0.1) is 0 Å². The Bertz CT molecular complexity index is 2130. The van der Waals surface area contributed by atoms with Crippen LogP contribution in [0.15, 0.2) is 121 Å². The van der Waals surface area contributed by atoms with Crippen LogP contribution in [0.25, 0.3) is 11.8 Å². The van der Waals surface area contributed by atoms with Crippen LogP contribution in [0.1, 0.15) is 35.2 Å². The molecule has 0 fully saturated rings. The smallest absolute Gasteiger partial charge is 0.338 e. The lowest BCUT2D eigenvalue weighted by Gasteiger charge is -2.26. The first-order chi connectivity index (χ1) is 22.4. The second-order valence-electron chi connectivity index (χ2n) is 10.3. The Hall–Kier alpha value is -4.25. The zero-order valence-corrected chi connectivity index (χ0v) is 28.9. The summed E-state index contributed by atoms with van der Waals surface area (Å²) in [5.74, 6) is 0.652. The lowest BCUT2D eigenvalue weighted by atomic mass is 9.93. The van der Waals surface area contributed by atoms with Gasteiger partial charge in [0.2, 0.25) is 0 Å². The van der Waals surface area contributed by atoms with Crippen LogP contribution in [0.3, 0.4) is 0 Å². The van der Waals surface area contributed by atoms with Crippen molar-refractivity contribution in [3.05, 3.63) is 154 Å². The molecule has 4 aromatic carbocycles. The highest BCUT2D eigenvalue weighted by molar-refractivity contribution is 9.11. The van der Waals surface area contributed by atoms with Crippen molar-refractivity contribution in [2.75, 3.05) is 13.7 Å². The minimum atomic E-state index is -0.814. The first-order valence-corrected chi connectivity index (χ1v) is 16.9. The first-order valence-electron chi connectivity index (χ1n) is 14.5. The fourth-order valence-electron chi connectivity index (χ4n) is 5.28. The number of hydrogen-bond donors (Lipinski definition) is 0. The Labute approximate surface area is 286 Å². The molecule has 0 unspecified atom stereocenters. The molecule has 0 saturated heterocycles. The van der Waals surface area contributed by atoms with Gasteiger partial charge >= 0.3 is 5.97 Å². The molecule has 2 heterocycles. The molecule has 0 bridgehead atoms. The van der Waals surface area contributed by atoms with Crippen molar-refractivity contribution in [3.63, 3.8) is 0 Å². The molecule has 0 amide bonds. The van der Waals surface area contributed by atoms with Gasteiger partial charge in [-0.25, -0.2) is 9.79 Å². The van der Waals surface area contributed by atoms with Crippen LogP contribution in [0.5, 0.6) is 11.5 Å². The van der Waals surface area contributed by atoms with Gasteiger partial charge in [-0.05, 0) is 64.3 Å². The maximum atomic E-state index is 14.4. The number of rotatable bonds is 9. The summed E-state index contributed by atoms with van der Waals surface area (Å²) in [6.07, 6.45) is 1.80. The number of esters is 1. The van der Waals surface area contributed by atoms with E-state index in [2.05, 4.69) is 31.9 Å². The van der Waals surface area contributed by atoms with E-state index in [0.29, 0.717) is 44.3 Å². The SMILES string of the molecule is CCOC(=O)C1=C(c2ccccc2)N=c2s/c(=C\c3cc(Br)cc(Br)c3OCc3ccccc3)c(=O)n2[C@@H]1c1cccc(OC)c1. The highest BCUT2D eigenvalue weighted by atomic mass is 79.9. The molecule has 0 spiro atoms. The van der Waals surface area contributed by atoms with E-state index in [0.717, 1.165) is 20.1 Å². The second kappa shape index (κ2) is 14.0. The third-order valence-corrected chi connectivity index (χ3v) is 9.36. The number of aromatic nitrogens is 1. The molecule has 1 atom stereocenters. The van der Waals surface area contributed by atoms with Crippen LogP contribution in [0.4, 0.5) is 0 Å². The van der Waals surface area contributed by atoms with Crippen molar-refractivity contribution in [2.45, 2.75) is 19.6 Å². The highest BCUT2D eigenvalue weighted by Gasteiger charge is 2.35. The molecular weight excluding hydrogens is 732 g/mol. The van der Waals surface area contributed by atoms with Gasteiger partial charge in [0, 0.05) is 15.6 Å². The van der Waals surface area contributed by atoms with E-state index < -0.39 is 12.0 Å². The zero-order valence-electron chi connectivity index (χ0n) is 24.9. The number of thiazole rings is 1. The predicted molar refractivity (Wildman–Crippen MR) is 187 cm³/mol. The van der Waals surface area contributed by atoms with E-state index in [-0.39, 0.29) is 17.7 Å². The number of halogens is 2.